The molecule has 0 spiro atoms. The number of aromatic nitrogens is 4. The highest BCUT2D eigenvalue weighted by atomic mass is 32.1. The minimum Gasteiger partial charge on any atom is -0.255 e. The van der Waals surface area contributed by atoms with E-state index >= 15 is 0 Å². The summed E-state index contributed by atoms with van der Waals surface area (Å²) in [5.74, 6) is 0. The van der Waals surface area contributed by atoms with E-state index in [1.54, 1.807) is 12.4 Å². The van der Waals surface area contributed by atoms with Crippen molar-refractivity contribution in [2.45, 2.75) is 0 Å². The summed E-state index contributed by atoms with van der Waals surface area (Å²) in [6.07, 6.45) is 3.60. The lowest BCUT2D eigenvalue weighted by atomic mass is 9.96. The highest BCUT2D eigenvalue weighted by Crippen LogP contribution is 2.43. The van der Waals surface area contributed by atoms with Gasteiger partial charge in [-0.05, 0) is 59.7 Å². The summed E-state index contributed by atoms with van der Waals surface area (Å²) in [6.45, 7) is 0. The molecule has 0 unspecified atom stereocenters. The van der Waals surface area contributed by atoms with Crippen LogP contribution >= 0.6 is 11.3 Å². The van der Waals surface area contributed by atoms with Crippen molar-refractivity contribution in [3.05, 3.63) is 146 Å². The van der Waals surface area contributed by atoms with Crippen LogP contribution in [-0.4, -0.2) is 19.9 Å². The van der Waals surface area contributed by atoms with E-state index in [1.165, 1.54) is 36.3 Å². The highest BCUT2D eigenvalue weighted by Gasteiger charge is 2.16. The second-order valence-corrected chi connectivity index (χ2v) is 12.1. The predicted molar refractivity (Wildman–Crippen MR) is 187 cm³/mol. The van der Waals surface area contributed by atoms with Gasteiger partial charge in [-0.2, -0.15) is 0 Å². The Bertz CT molecular complexity index is 2460. The molecule has 5 heterocycles. The second kappa shape index (κ2) is 10.4. The zero-order valence-electron chi connectivity index (χ0n) is 24.1. The molecular formula is C40H24N4S. The van der Waals surface area contributed by atoms with Gasteiger partial charge in [-0.15, -0.1) is 11.3 Å². The average Bonchev–Trinajstić information content (AvgIpc) is 3.51. The Hall–Kier alpha value is -5.78. The Morgan fingerprint density at radius 2 is 1.04 bits per heavy atom. The lowest BCUT2D eigenvalue weighted by Gasteiger charge is -2.12. The van der Waals surface area contributed by atoms with Crippen molar-refractivity contribution in [2.75, 3.05) is 0 Å². The van der Waals surface area contributed by atoms with Crippen LogP contribution in [0.2, 0.25) is 0 Å². The standard InChI is InChI=1S/C40H24N4S/c1-3-11-32-30(10-1)38-31(20-19-29-28-9-2-4-14-37(28)45-40(29)38)39(44-32)26-17-15-25(16-18-26)27-23-35(33-12-5-7-21-41-33)43-36(24-27)34-13-6-8-22-42-34/h1-24H. The van der Waals surface area contributed by atoms with E-state index in [-0.39, 0.29) is 0 Å². The predicted octanol–water partition coefficient (Wildman–Crippen LogP) is 10.6. The maximum Gasteiger partial charge on any atom is 0.0900 e. The van der Waals surface area contributed by atoms with Crippen molar-refractivity contribution in [2.24, 2.45) is 0 Å². The molecule has 0 aliphatic carbocycles. The summed E-state index contributed by atoms with van der Waals surface area (Å²) >= 11 is 1.86. The van der Waals surface area contributed by atoms with Crippen molar-refractivity contribution < 1.29 is 0 Å². The Balaban J connectivity index is 1.21. The van der Waals surface area contributed by atoms with E-state index in [0.717, 1.165) is 50.7 Å². The van der Waals surface area contributed by atoms with E-state index < -0.39 is 0 Å². The maximum absolute atomic E-state index is 5.22. The van der Waals surface area contributed by atoms with E-state index in [4.69, 9.17) is 9.97 Å². The molecule has 9 aromatic rings. The van der Waals surface area contributed by atoms with Crippen molar-refractivity contribution in [3.8, 4) is 45.2 Å². The van der Waals surface area contributed by atoms with Gasteiger partial charge in [0.2, 0.25) is 0 Å². The SMILES string of the molecule is c1ccc(-c2cc(-c3ccc(-c4nc5ccccc5c5c4ccc4c6ccccc6sc45)cc3)cc(-c3ccccn3)n2)nc1. The quantitative estimate of drug-likeness (QED) is 0.191. The third-order valence-electron chi connectivity index (χ3n) is 8.38. The molecule has 45 heavy (non-hydrogen) atoms. The second-order valence-electron chi connectivity index (χ2n) is 11.1. The van der Waals surface area contributed by atoms with Gasteiger partial charge >= 0.3 is 0 Å². The van der Waals surface area contributed by atoms with Crippen LogP contribution in [0, 0.1) is 0 Å². The zero-order valence-corrected chi connectivity index (χ0v) is 24.9. The first-order valence-electron chi connectivity index (χ1n) is 14.9. The number of rotatable bonds is 4. The molecule has 0 amide bonds. The first-order valence-corrected chi connectivity index (χ1v) is 15.7. The van der Waals surface area contributed by atoms with Crippen LogP contribution in [0.4, 0.5) is 0 Å². The van der Waals surface area contributed by atoms with Gasteiger partial charge in [-0.1, -0.05) is 84.9 Å². The van der Waals surface area contributed by atoms with Gasteiger partial charge in [0.05, 0.1) is 34.0 Å². The molecule has 0 saturated carbocycles. The highest BCUT2D eigenvalue weighted by molar-refractivity contribution is 7.26. The molecule has 5 heteroatoms. The first kappa shape index (κ1) is 25.7. The number of thiophene rings is 1. The van der Waals surface area contributed by atoms with Crippen LogP contribution in [0.3, 0.4) is 0 Å². The van der Waals surface area contributed by atoms with Gasteiger partial charge in [0.25, 0.3) is 0 Å². The molecule has 0 bridgehead atoms. The smallest absolute Gasteiger partial charge is 0.0900 e. The fraction of sp³-hybridized carbons (Fsp3) is 0. The maximum atomic E-state index is 5.22. The first-order chi connectivity index (χ1) is 22.3. The molecule has 4 nitrogen and oxygen atoms in total. The minimum atomic E-state index is 0.812. The number of hydrogen-bond donors (Lipinski definition) is 0. The van der Waals surface area contributed by atoms with Gasteiger partial charge in [0.1, 0.15) is 0 Å². The molecule has 0 atom stereocenters. The van der Waals surface area contributed by atoms with Crippen molar-refractivity contribution in [1.82, 2.24) is 19.9 Å². The number of benzene rings is 4. The van der Waals surface area contributed by atoms with E-state index in [9.17, 15) is 0 Å². The normalized spacial score (nSPS) is 11.6. The fourth-order valence-electron chi connectivity index (χ4n) is 6.25. The van der Waals surface area contributed by atoms with Crippen molar-refractivity contribution in [3.63, 3.8) is 0 Å². The monoisotopic (exact) mass is 592 g/mol. The molecule has 0 aliphatic rings. The van der Waals surface area contributed by atoms with Crippen molar-refractivity contribution >= 4 is 53.2 Å². The Morgan fingerprint density at radius 1 is 0.422 bits per heavy atom. The molecule has 0 N–H and O–H groups in total. The van der Waals surface area contributed by atoms with Gasteiger partial charge in [0.15, 0.2) is 0 Å². The number of hydrogen-bond acceptors (Lipinski definition) is 5. The molecule has 4 aromatic carbocycles. The van der Waals surface area contributed by atoms with Crippen LogP contribution < -0.4 is 0 Å². The fourth-order valence-corrected chi connectivity index (χ4v) is 7.51. The molecule has 0 aliphatic heterocycles. The van der Waals surface area contributed by atoms with Crippen LogP contribution in [0.25, 0.3) is 87.0 Å². The Kier molecular flexibility index (Phi) is 5.96. The summed E-state index contributed by atoms with van der Waals surface area (Å²) in [7, 11) is 0. The summed E-state index contributed by atoms with van der Waals surface area (Å²) in [6, 6.07) is 46.4. The van der Waals surface area contributed by atoms with Crippen LogP contribution in [0.15, 0.2) is 146 Å². The molecular weight excluding hydrogens is 569 g/mol. The third-order valence-corrected chi connectivity index (χ3v) is 9.58. The summed E-state index contributed by atoms with van der Waals surface area (Å²) < 4.78 is 2.62. The van der Waals surface area contributed by atoms with Crippen LogP contribution in [0.5, 0.6) is 0 Å². The minimum absolute atomic E-state index is 0.812. The lowest BCUT2D eigenvalue weighted by molar-refractivity contribution is 1.22. The summed E-state index contributed by atoms with van der Waals surface area (Å²) in [5.41, 5.74) is 8.50. The zero-order chi connectivity index (χ0) is 29.7. The van der Waals surface area contributed by atoms with Gasteiger partial charge in [-0.3, -0.25) is 9.97 Å². The largest absolute Gasteiger partial charge is 0.255 e. The lowest BCUT2D eigenvalue weighted by Crippen LogP contribution is -1.94. The summed E-state index contributed by atoms with van der Waals surface area (Å²) in [5, 5.41) is 6.22. The van der Waals surface area contributed by atoms with E-state index in [2.05, 4.69) is 107 Å². The number of fused-ring (bicyclic) bond motifs is 7. The topological polar surface area (TPSA) is 51.6 Å². The van der Waals surface area contributed by atoms with Crippen LogP contribution in [0.1, 0.15) is 0 Å². The molecule has 210 valence electrons. The summed E-state index contributed by atoms with van der Waals surface area (Å²) in [4.78, 5) is 19.3. The van der Waals surface area contributed by atoms with Gasteiger partial charge < -0.3 is 0 Å². The van der Waals surface area contributed by atoms with E-state index in [0.29, 0.717) is 0 Å². The molecule has 0 saturated heterocycles. The molecule has 0 radical (unpaired) electrons. The van der Waals surface area contributed by atoms with E-state index in [1.807, 2.05) is 47.7 Å². The number of nitrogens with zero attached hydrogens (tertiary/aromatic N) is 4. The number of pyridine rings is 4. The molecule has 0 fully saturated rings. The van der Waals surface area contributed by atoms with Crippen LogP contribution in [-0.2, 0) is 0 Å². The third kappa shape index (κ3) is 4.36. The average molecular weight is 593 g/mol. The molecule has 5 aromatic heterocycles. The van der Waals surface area contributed by atoms with Gasteiger partial charge in [-0.25, -0.2) is 9.97 Å². The number of para-hydroxylation sites is 1. The van der Waals surface area contributed by atoms with Crippen molar-refractivity contribution in [1.29, 1.82) is 0 Å². The molecule has 9 rings (SSSR count). The Morgan fingerprint density at radius 3 is 1.76 bits per heavy atom. The Labute approximate surface area is 263 Å². The van der Waals surface area contributed by atoms with Gasteiger partial charge in [0, 0.05) is 54.3 Å².